The minimum absolute atomic E-state index is 0.0276. The van der Waals surface area contributed by atoms with Crippen LogP contribution in [-0.4, -0.2) is 30.0 Å². The highest BCUT2D eigenvalue weighted by Crippen LogP contribution is 2.22. The van der Waals surface area contributed by atoms with Crippen LogP contribution >= 0.6 is 11.6 Å². The minimum atomic E-state index is 0.0276. The summed E-state index contributed by atoms with van der Waals surface area (Å²) in [5, 5.41) is 3.88. The van der Waals surface area contributed by atoms with Crippen LogP contribution in [0.25, 0.3) is 0 Å². The fourth-order valence-corrected chi connectivity index (χ4v) is 3.77. The monoisotopic (exact) mass is 400 g/mol. The maximum absolute atomic E-state index is 12.7. The zero-order chi connectivity index (χ0) is 19.9. The van der Waals surface area contributed by atoms with Crippen LogP contribution in [0, 0.1) is 5.92 Å². The fraction of sp³-hybridized carbons (Fsp3) is 0.435. The molecule has 0 aliphatic carbocycles. The van der Waals surface area contributed by atoms with Gasteiger partial charge in [-0.3, -0.25) is 9.69 Å². The Labute approximate surface area is 172 Å². The molecule has 0 radical (unpaired) electrons. The number of ether oxygens (including phenoxy) is 1. The summed E-state index contributed by atoms with van der Waals surface area (Å²) in [6.07, 6.45) is 2.13. The van der Waals surface area contributed by atoms with E-state index in [4.69, 9.17) is 16.3 Å². The molecular formula is C23H29ClN2O2. The van der Waals surface area contributed by atoms with E-state index in [-0.39, 0.29) is 17.9 Å². The number of benzene rings is 2. The highest BCUT2D eigenvalue weighted by Gasteiger charge is 2.25. The number of piperidine rings is 1. The summed E-state index contributed by atoms with van der Waals surface area (Å²) in [5.74, 6) is 1.01. The third-order valence-electron chi connectivity index (χ3n) is 4.99. The fourth-order valence-electron chi connectivity index (χ4n) is 3.57. The van der Waals surface area contributed by atoms with Gasteiger partial charge in [0, 0.05) is 24.7 Å². The van der Waals surface area contributed by atoms with E-state index in [0.29, 0.717) is 6.54 Å². The van der Waals surface area contributed by atoms with Crippen LogP contribution in [0.2, 0.25) is 5.02 Å². The Hall–Kier alpha value is -2.04. The van der Waals surface area contributed by atoms with Gasteiger partial charge >= 0.3 is 0 Å². The quantitative estimate of drug-likeness (QED) is 0.735. The summed E-state index contributed by atoms with van der Waals surface area (Å²) < 4.78 is 5.66. The molecule has 1 amide bonds. The first kappa shape index (κ1) is 20.7. The summed E-state index contributed by atoms with van der Waals surface area (Å²) in [7, 11) is 0. The van der Waals surface area contributed by atoms with Crippen molar-refractivity contribution in [1.29, 1.82) is 0 Å². The molecule has 1 N–H and O–H groups in total. The van der Waals surface area contributed by atoms with Gasteiger partial charge in [0.25, 0.3) is 0 Å². The van der Waals surface area contributed by atoms with Gasteiger partial charge in [-0.15, -0.1) is 0 Å². The molecule has 3 rings (SSSR count). The molecule has 28 heavy (non-hydrogen) atoms. The number of halogens is 1. The molecule has 1 unspecified atom stereocenters. The van der Waals surface area contributed by atoms with Crippen molar-refractivity contribution in [2.75, 3.05) is 13.1 Å². The van der Waals surface area contributed by atoms with Crippen LogP contribution < -0.4 is 10.1 Å². The lowest BCUT2D eigenvalue weighted by Crippen LogP contribution is -2.42. The second kappa shape index (κ2) is 9.94. The maximum atomic E-state index is 12.7. The number of carbonyl (C=O) groups is 1. The van der Waals surface area contributed by atoms with Crippen molar-refractivity contribution in [3.63, 3.8) is 0 Å². The molecule has 1 atom stereocenters. The van der Waals surface area contributed by atoms with E-state index >= 15 is 0 Å². The zero-order valence-corrected chi connectivity index (χ0v) is 17.4. The van der Waals surface area contributed by atoms with Gasteiger partial charge in [0.1, 0.15) is 5.75 Å². The number of nitrogens with one attached hydrogen (secondary N) is 1. The van der Waals surface area contributed by atoms with Crippen LogP contribution in [0.15, 0.2) is 48.5 Å². The van der Waals surface area contributed by atoms with E-state index in [1.165, 1.54) is 0 Å². The van der Waals surface area contributed by atoms with Crippen LogP contribution in [-0.2, 0) is 17.9 Å². The lowest BCUT2D eigenvalue weighted by Gasteiger charge is -2.32. The zero-order valence-electron chi connectivity index (χ0n) is 16.7. The number of amides is 1. The predicted octanol–water partition coefficient (Wildman–Crippen LogP) is 4.66. The van der Waals surface area contributed by atoms with E-state index in [1.54, 1.807) is 0 Å². The Morgan fingerprint density at radius 3 is 2.68 bits per heavy atom. The minimum Gasteiger partial charge on any atom is -0.491 e. The molecule has 0 saturated carbocycles. The number of nitrogens with zero attached hydrogens (tertiary/aromatic N) is 1. The Morgan fingerprint density at radius 2 is 1.96 bits per heavy atom. The molecular weight excluding hydrogens is 372 g/mol. The highest BCUT2D eigenvalue weighted by atomic mass is 35.5. The standard InChI is InChI=1S/C23H29ClN2O2/c1-17(2)28-21-11-9-18(10-12-21)14-25-23(27)20-7-5-13-26(16-20)15-19-6-3-4-8-22(19)24/h3-4,6,8-12,17,20H,5,7,13-16H2,1-2H3,(H,25,27). The lowest BCUT2D eigenvalue weighted by molar-refractivity contribution is -0.126. The van der Waals surface area contributed by atoms with Gasteiger partial charge in [-0.25, -0.2) is 0 Å². The number of hydrogen-bond acceptors (Lipinski definition) is 3. The van der Waals surface area contributed by atoms with E-state index in [2.05, 4.69) is 16.3 Å². The topological polar surface area (TPSA) is 41.6 Å². The van der Waals surface area contributed by atoms with Crippen molar-refractivity contribution >= 4 is 17.5 Å². The van der Waals surface area contributed by atoms with Crippen molar-refractivity contribution in [2.45, 2.75) is 45.9 Å². The van der Waals surface area contributed by atoms with Crippen LogP contribution in [0.5, 0.6) is 5.75 Å². The molecule has 150 valence electrons. The van der Waals surface area contributed by atoms with Crippen molar-refractivity contribution in [3.8, 4) is 5.75 Å². The smallest absolute Gasteiger partial charge is 0.224 e. The molecule has 0 aromatic heterocycles. The Balaban J connectivity index is 1.49. The van der Waals surface area contributed by atoms with Crippen LogP contribution in [0.1, 0.15) is 37.8 Å². The predicted molar refractivity (Wildman–Crippen MR) is 114 cm³/mol. The summed E-state index contributed by atoms with van der Waals surface area (Å²) in [5.41, 5.74) is 2.20. The third kappa shape index (κ3) is 5.98. The number of hydrogen-bond donors (Lipinski definition) is 1. The van der Waals surface area contributed by atoms with Gasteiger partial charge in [0.2, 0.25) is 5.91 Å². The summed E-state index contributed by atoms with van der Waals surface area (Å²) in [4.78, 5) is 15.0. The van der Waals surface area contributed by atoms with Gasteiger partial charge in [-0.1, -0.05) is 41.9 Å². The molecule has 1 saturated heterocycles. The second-order valence-corrected chi connectivity index (χ2v) is 8.10. The van der Waals surface area contributed by atoms with E-state index in [1.807, 2.05) is 56.3 Å². The van der Waals surface area contributed by atoms with Crippen LogP contribution in [0.4, 0.5) is 0 Å². The Morgan fingerprint density at radius 1 is 1.21 bits per heavy atom. The van der Waals surface area contributed by atoms with Crippen molar-refractivity contribution < 1.29 is 9.53 Å². The SMILES string of the molecule is CC(C)Oc1ccc(CNC(=O)C2CCCN(Cc3ccccc3Cl)C2)cc1. The number of rotatable bonds is 7. The molecule has 2 aromatic carbocycles. The van der Waals surface area contributed by atoms with Gasteiger partial charge in [0.05, 0.1) is 12.0 Å². The lowest BCUT2D eigenvalue weighted by atomic mass is 9.96. The van der Waals surface area contributed by atoms with E-state index in [0.717, 1.165) is 54.4 Å². The van der Waals surface area contributed by atoms with Gasteiger partial charge < -0.3 is 10.1 Å². The molecule has 1 fully saturated rings. The Kier molecular flexibility index (Phi) is 7.35. The number of carbonyl (C=O) groups excluding carboxylic acids is 1. The van der Waals surface area contributed by atoms with Gasteiger partial charge in [-0.05, 0) is 62.6 Å². The van der Waals surface area contributed by atoms with Gasteiger partial charge in [0.15, 0.2) is 0 Å². The van der Waals surface area contributed by atoms with E-state index < -0.39 is 0 Å². The Bertz CT molecular complexity index is 776. The van der Waals surface area contributed by atoms with Crippen LogP contribution in [0.3, 0.4) is 0 Å². The summed E-state index contributed by atoms with van der Waals surface area (Å²) in [6, 6.07) is 15.8. The molecule has 0 spiro atoms. The molecule has 0 bridgehead atoms. The van der Waals surface area contributed by atoms with Crippen molar-refractivity contribution in [3.05, 3.63) is 64.7 Å². The summed E-state index contributed by atoms with van der Waals surface area (Å²) in [6.45, 7) is 7.13. The van der Waals surface area contributed by atoms with E-state index in [9.17, 15) is 4.79 Å². The summed E-state index contributed by atoms with van der Waals surface area (Å²) >= 11 is 6.28. The largest absolute Gasteiger partial charge is 0.491 e. The molecule has 5 heteroatoms. The average Bonchev–Trinajstić information content (AvgIpc) is 2.69. The normalized spacial score (nSPS) is 17.5. The molecule has 1 heterocycles. The maximum Gasteiger partial charge on any atom is 0.224 e. The van der Waals surface area contributed by atoms with Gasteiger partial charge in [-0.2, -0.15) is 0 Å². The molecule has 2 aromatic rings. The highest BCUT2D eigenvalue weighted by molar-refractivity contribution is 6.31. The third-order valence-corrected chi connectivity index (χ3v) is 5.36. The number of likely N-dealkylation sites (tertiary alicyclic amines) is 1. The average molecular weight is 401 g/mol. The molecule has 1 aliphatic heterocycles. The van der Waals surface area contributed by atoms with Crippen molar-refractivity contribution in [2.24, 2.45) is 5.92 Å². The first-order chi connectivity index (χ1) is 13.5. The first-order valence-corrected chi connectivity index (χ1v) is 10.4. The second-order valence-electron chi connectivity index (χ2n) is 7.69. The first-order valence-electron chi connectivity index (χ1n) is 10.0. The molecule has 4 nitrogen and oxygen atoms in total. The van der Waals surface area contributed by atoms with Crippen molar-refractivity contribution in [1.82, 2.24) is 10.2 Å². The molecule has 1 aliphatic rings.